The molecule has 1 aromatic carbocycles. The van der Waals surface area contributed by atoms with E-state index in [0.717, 1.165) is 5.56 Å². The molecule has 96 valence electrons. The molecule has 2 aromatic rings. The first-order valence-electron chi connectivity index (χ1n) is 5.53. The molecular weight excluding hydrogens is 273 g/mol. The van der Waals surface area contributed by atoms with Gasteiger partial charge in [0, 0.05) is 13.1 Å². The van der Waals surface area contributed by atoms with Gasteiger partial charge in [-0.2, -0.15) is 0 Å². The summed E-state index contributed by atoms with van der Waals surface area (Å²) in [5.74, 6) is 0.541. The maximum absolute atomic E-state index is 9.80. The molecule has 2 N–H and O–H groups in total. The van der Waals surface area contributed by atoms with Gasteiger partial charge < -0.3 is 14.8 Å². The molecule has 3 nitrogen and oxygen atoms in total. The molecule has 1 unspecified atom stereocenters. The van der Waals surface area contributed by atoms with E-state index in [0.29, 0.717) is 28.9 Å². The highest BCUT2D eigenvalue weighted by Crippen LogP contribution is 2.25. The van der Waals surface area contributed by atoms with Crippen LogP contribution >= 0.6 is 23.2 Å². The summed E-state index contributed by atoms with van der Waals surface area (Å²) in [4.78, 5) is 0. The van der Waals surface area contributed by atoms with Crippen molar-refractivity contribution in [3.63, 3.8) is 0 Å². The Morgan fingerprint density at radius 1 is 1.22 bits per heavy atom. The van der Waals surface area contributed by atoms with Crippen molar-refractivity contribution >= 4 is 23.2 Å². The quantitative estimate of drug-likeness (QED) is 0.885. The minimum Gasteiger partial charge on any atom is -0.467 e. The van der Waals surface area contributed by atoms with E-state index in [9.17, 15) is 5.11 Å². The Bertz CT molecular complexity index is 500. The fourth-order valence-electron chi connectivity index (χ4n) is 1.61. The number of rotatable bonds is 5. The van der Waals surface area contributed by atoms with E-state index in [2.05, 4.69) is 5.32 Å². The lowest BCUT2D eigenvalue weighted by atomic mass is 10.2. The van der Waals surface area contributed by atoms with E-state index in [4.69, 9.17) is 27.6 Å². The SMILES string of the molecule is OC(CNCc1cccc(Cl)c1Cl)c1ccco1. The van der Waals surface area contributed by atoms with Crippen LogP contribution in [0.2, 0.25) is 10.0 Å². The molecule has 5 heteroatoms. The van der Waals surface area contributed by atoms with E-state index in [-0.39, 0.29) is 0 Å². The molecule has 1 aromatic heterocycles. The van der Waals surface area contributed by atoms with Gasteiger partial charge in [-0.05, 0) is 23.8 Å². The van der Waals surface area contributed by atoms with Gasteiger partial charge in [-0.25, -0.2) is 0 Å². The number of benzene rings is 1. The summed E-state index contributed by atoms with van der Waals surface area (Å²) in [6.45, 7) is 0.924. The predicted molar refractivity (Wildman–Crippen MR) is 71.8 cm³/mol. The lowest BCUT2D eigenvalue weighted by Gasteiger charge is -2.10. The molecule has 0 saturated carbocycles. The highest BCUT2D eigenvalue weighted by molar-refractivity contribution is 6.42. The monoisotopic (exact) mass is 285 g/mol. The number of halogens is 2. The van der Waals surface area contributed by atoms with Crippen molar-refractivity contribution in [2.75, 3.05) is 6.54 Å². The van der Waals surface area contributed by atoms with E-state index in [1.165, 1.54) is 6.26 Å². The molecule has 0 amide bonds. The van der Waals surface area contributed by atoms with Crippen LogP contribution in [-0.2, 0) is 6.54 Å². The highest BCUT2D eigenvalue weighted by atomic mass is 35.5. The van der Waals surface area contributed by atoms with Crippen LogP contribution in [0.5, 0.6) is 0 Å². The van der Waals surface area contributed by atoms with Gasteiger partial charge in [0.25, 0.3) is 0 Å². The van der Waals surface area contributed by atoms with Crippen LogP contribution in [0.3, 0.4) is 0 Å². The second kappa shape index (κ2) is 6.25. The molecule has 18 heavy (non-hydrogen) atoms. The molecule has 0 saturated heterocycles. The van der Waals surface area contributed by atoms with Crippen LogP contribution in [0.4, 0.5) is 0 Å². The second-order valence-corrected chi connectivity index (χ2v) is 4.66. The lowest BCUT2D eigenvalue weighted by Crippen LogP contribution is -2.20. The molecule has 2 rings (SSSR count). The maximum atomic E-state index is 9.80. The molecular formula is C13H13Cl2NO2. The first-order valence-corrected chi connectivity index (χ1v) is 6.29. The van der Waals surface area contributed by atoms with Gasteiger partial charge in [0.1, 0.15) is 11.9 Å². The average Bonchev–Trinajstić information content (AvgIpc) is 2.88. The van der Waals surface area contributed by atoms with Crippen LogP contribution in [0.1, 0.15) is 17.4 Å². The highest BCUT2D eigenvalue weighted by Gasteiger charge is 2.10. The molecule has 1 heterocycles. The number of nitrogens with one attached hydrogen (secondary N) is 1. The van der Waals surface area contributed by atoms with Crippen molar-refractivity contribution in [2.45, 2.75) is 12.6 Å². The summed E-state index contributed by atoms with van der Waals surface area (Å²) in [7, 11) is 0. The fourth-order valence-corrected chi connectivity index (χ4v) is 2.00. The number of aliphatic hydroxyl groups is 1. The summed E-state index contributed by atoms with van der Waals surface area (Å²) >= 11 is 12.0. The number of hydrogen-bond donors (Lipinski definition) is 2. The molecule has 1 atom stereocenters. The maximum Gasteiger partial charge on any atom is 0.133 e. The van der Waals surface area contributed by atoms with Crippen LogP contribution < -0.4 is 5.32 Å². The zero-order valence-corrected chi connectivity index (χ0v) is 11.1. The van der Waals surface area contributed by atoms with Crippen molar-refractivity contribution in [1.82, 2.24) is 5.32 Å². The summed E-state index contributed by atoms with van der Waals surface area (Å²) in [6.07, 6.45) is 0.866. The van der Waals surface area contributed by atoms with Crippen molar-refractivity contribution in [2.24, 2.45) is 0 Å². The number of furan rings is 1. The lowest BCUT2D eigenvalue weighted by molar-refractivity contribution is 0.147. The average molecular weight is 286 g/mol. The zero-order valence-electron chi connectivity index (χ0n) is 9.57. The van der Waals surface area contributed by atoms with Gasteiger partial charge >= 0.3 is 0 Å². The van der Waals surface area contributed by atoms with Gasteiger partial charge in [-0.3, -0.25) is 0 Å². The molecule has 0 radical (unpaired) electrons. The second-order valence-electron chi connectivity index (χ2n) is 3.88. The summed E-state index contributed by atoms with van der Waals surface area (Å²) in [6, 6.07) is 8.95. The van der Waals surface area contributed by atoms with Gasteiger partial charge in [-0.15, -0.1) is 0 Å². The normalized spacial score (nSPS) is 12.6. The fraction of sp³-hybridized carbons (Fsp3) is 0.231. The van der Waals surface area contributed by atoms with Crippen LogP contribution in [-0.4, -0.2) is 11.7 Å². The van der Waals surface area contributed by atoms with E-state index in [1.54, 1.807) is 18.2 Å². The van der Waals surface area contributed by atoms with Crippen molar-refractivity contribution < 1.29 is 9.52 Å². The van der Waals surface area contributed by atoms with Crippen LogP contribution in [0.15, 0.2) is 41.0 Å². The van der Waals surface area contributed by atoms with E-state index < -0.39 is 6.10 Å². The molecule has 0 aliphatic carbocycles. The minimum absolute atomic E-state index is 0.385. The Balaban J connectivity index is 1.87. The van der Waals surface area contributed by atoms with Gasteiger partial charge in [0.2, 0.25) is 0 Å². The summed E-state index contributed by atoms with van der Waals surface area (Å²) < 4.78 is 5.10. The third-order valence-electron chi connectivity index (χ3n) is 2.56. The topological polar surface area (TPSA) is 45.4 Å². The first-order chi connectivity index (χ1) is 8.68. The van der Waals surface area contributed by atoms with Gasteiger partial charge in [-0.1, -0.05) is 35.3 Å². The van der Waals surface area contributed by atoms with Gasteiger partial charge in [0.05, 0.1) is 16.3 Å². The molecule has 0 aliphatic rings. The van der Waals surface area contributed by atoms with E-state index in [1.807, 2.05) is 12.1 Å². The Kier molecular flexibility index (Phi) is 4.66. The standard InChI is InChI=1S/C13H13Cl2NO2/c14-10-4-1-3-9(13(10)15)7-16-8-11(17)12-5-2-6-18-12/h1-6,11,16-17H,7-8H2. The Morgan fingerprint density at radius 2 is 2.06 bits per heavy atom. The minimum atomic E-state index is -0.669. The van der Waals surface area contributed by atoms with E-state index >= 15 is 0 Å². The summed E-state index contributed by atoms with van der Waals surface area (Å²) in [5, 5.41) is 14.0. The number of aliphatic hydroxyl groups excluding tert-OH is 1. The van der Waals surface area contributed by atoms with Crippen LogP contribution in [0, 0.1) is 0 Å². The zero-order chi connectivity index (χ0) is 13.0. The Labute approximate surface area is 115 Å². The summed E-state index contributed by atoms with van der Waals surface area (Å²) in [5.41, 5.74) is 0.899. The Hall–Kier alpha value is -1.00. The molecule has 0 aliphatic heterocycles. The number of hydrogen-bond acceptors (Lipinski definition) is 3. The predicted octanol–water partition coefficient (Wildman–Crippen LogP) is 3.41. The molecule has 0 spiro atoms. The van der Waals surface area contributed by atoms with Crippen LogP contribution in [0.25, 0.3) is 0 Å². The smallest absolute Gasteiger partial charge is 0.133 e. The third-order valence-corrected chi connectivity index (χ3v) is 3.41. The largest absolute Gasteiger partial charge is 0.467 e. The molecule has 0 fully saturated rings. The first kappa shape index (κ1) is 13.4. The van der Waals surface area contributed by atoms with Crippen molar-refractivity contribution in [3.8, 4) is 0 Å². The van der Waals surface area contributed by atoms with Gasteiger partial charge in [0.15, 0.2) is 0 Å². The third kappa shape index (κ3) is 3.27. The Morgan fingerprint density at radius 3 is 2.78 bits per heavy atom. The molecule has 0 bridgehead atoms. The van der Waals surface area contributed by atoms with Crippen molar-refractivity contribution in [3.05, 3.63) is 58.0 Å². The van der Waals surface area contributed by atoms with Crippen molar-refractivity contribution in [1.29, 1.82) is 0 Å².